The Morgan fingerprint density at radius 1 is 1.12 bits per heavy atom. The van der Waals surface area contributed by atoms with Gasteiger partial charge in [-0.25, -0.2) is 4.58 Å². The van der Waals surface area contributed by atoms with Crippen molar-refractivity contribution in [2.45, 2.75) is 51.6 Å². The van der Waals surface area contributed by atoms with Gasteiger partial charge in [0, 0.05) is 49.3 Å². The van der Waals surface area contributed by atoms with Crippen molar-refractivity contribution in [2.75, 3.05) is 13.1 Å². The van der Waals surface area contributed by atoms with Crippen LogP contribution in [0.5, 0.6) is 0 Å². The van der Waals surface area contributed by atoms with Crippen LogP contribution in [0.1, 0.15) is 45.1 Å². The average Bonchev–Trinajstić information content (AvgIpc) is 2.52. The third kappa shape index (κ3) is 4.56. The molecule has 132 valence electrons. The first-order valence-electron chi connectivity index (χ1n) is 8.45. The fourth-order valence-corrected chi connectivity index (χ4v) is 3.95. The zero-order valence-electron chi connectivity index (χ0n) is 14.4. The lowest BCUT2D eigenvalue weighted by Gasteiger charge is -2.36. The van der Waals surface area contributed by atoms with E-state index in [2.05, 4.69) is 35.6 Å². The number of rotatable bonds is 3. The zero-order chi connectivity index (χ0) is 16.4. The molecule has 0 amide bonds. The average molecular weight is 432 g/mol. The first-order chi connectivity index (χ1) is 11.0. The van der Waals surface area contributed by atoms with E-state index in [1.165, 1.54) is 38.0 Å². The van der Waals surface area contributed by atoms with Crippen LogP contribution in [0.4, 0.5) is 0 Å². The topological polar surface area (TPSA) is 6.25 Å². The van der Waals surface area contributed by atoms with Gasteiger partial charge in [0.25, 0.3) is 0 Å². The highest BCUT2D eigenvalue weighted by atomic mass is 79.9. The van der Waals surface area contributed by atoms with Crippen LogP contribution in [-0.2, 0) is 6.54 Å². The second kappa shape index (κ2) is 8.25. The zero-order valence-corrected chi connectivity index (χ0v) is 17.5. The minimum Gasteiger partial charge on any atom is -1.00 e. The van der Waals surface area contributed by atoms with Crippen molar-refractivity contribution in [1.82, 2.24) is 4.90 Å². The summed E-state index contributed by atoms with van der Waals surface area (Å²) in [6, 6.07) is 5.76. The highest BCUT2D eigenvalue weighted by Crippen LogP contribution is 2.30. The Balaban J connectivity index is 0.00000208. The predicted molar refractivity (Wildman–Crippen MR) is 98.7 cm³/mol. The molecule has 2 nitrogen and oxygen atoms in total. The van der Waals surface area contributed by atoms with E-state index in [0.717, 1.165) is 23.6 Å². The molecule has 1 saturated heterocycles. The smallest absolute Gasteiger partial charge is 0.170 e. The molecule has 0 saturated carbocycles. The Kier molecular flexibility index (Phi) is 6.81. The second-order valence-corrected chi connectivity index (χ2v) is 8.05. The van der Waals surface area contributed by atoms with Gasteiger partial charge < -0.3 is 21.9 Å². The molecule has 0 bridgehead atoms. The van der Waals surface area contributed by atoms with Crippen LogP contribution in [0.15, 0.2) is 30.0 Å². The Bertz CT molecular complexity index is 647. The maximum absolute atomic E-state index is 6.34. The van der Waals surface area contributed by atoms with Crippen molar-refractivity contribution in [2.24, 2.45) is 0 Å². The van der Waals surface area contributed by atoms with Crippen LogP contribution in [-0.4, -0.2) is 34.3 Å². The minimum atomic E-state index is 0. The van der Waals surface area contributed by atoms with Gasteiger partial charge in [-0.2, -0.15) is 0 Å². The molecule has 2 heterocycles. The van der Waals surface area contributed by atoms with Gasteiger partial charge in [0.1, 0.15) is 0 Å². The molecule has 0 aromatic heterocycles. The molecule has 0 radical (unpaired) electrons. The minimum absolute atomic E-state index is 0. The molecular formula is C19H25BrCl2N2. The summed E-state index contributed by atoms with van der Waals surface area (Å²) in [5.74, 6) is 0. The largest absolute Gasteiger partial charge is 1.00 e. The third-order valence-corrected chi connectivity index (χ3v) is 5.54. The lowest BCUT2D eigenvalue weighted by molar-refractivity contribution is -0.612. The molecule has 1 aromatic carbocycles. The normalized spacial score (nSPS) is 20.1. The summed E-state index contributed by atoms with van der Waals surface area (Å²) in [5, 5.41) is 1.43. The van der Waals surface area contributed by atoms with Gasteiger partial charge in [0.15, 0.2) is 18.3 Å². The molecule has 3 rings (SSSR count). The van der Waals surface area contributed by atoms with E-state index in [1.54, 1.807) is 0 Å². The van der Waals surface area contributed by atoms with Crippen LogP contribution in [0.2, 0.25) is 10.0 Å². The summed E-state index contributed by atoms with van der Waals surface area (Å²) in [5.41, 5.74) is 2.69. The van der Waals surface area contributed by atoms with Gasteiger partial charge in [0.2, 0.25) is 0 Å². The van der Waals surface area contributed by atoms with Gasteiger partial charge >= 0.3 is 0 Å². The first kappa shape index (κ1) is 19.8. The molecule has 0 N–H and O–H groups in total. The molecule has 5 heteroatoms. The fraction of sp³-hybridized carbons (Fsp3) is 0.526. The van der Waals surface area contributed by atoms with Gasteiger partial charge in [-0.15, -0.1) is 0 Å². The fourth-order valence-electron chi connectivity index (χ4n) is 3.48. The predicted octanol–water partition coefficient (Wildman–Crippen LogP) is 2.13. The number of likely N-dealkylation sites (tertiary alicyclic amines) is 1. The number of halogens is 3. The van der Waals surface area contributed by atoms with E-state index < -0.39 is 0 Å². The maximum Gasteiger partial charge on any atom is 0.170 e. The van der Waals surface area contributed by atoms with E-state index in [1.807, 2.05) is 18.2 Å². The second-order valence-electron chi connectivity index (χ2n) is 7.21. The molecule has 1 aromatic rings. The Labute approximate surface area is 165 Å². The van der Waals surface area contributed by atoms with E-state index in [4.69, 9.17) is 23.2 Å². The highest BCUT2D eigenvalue weighted by molar-refractivity contribution is 6.35. The molecule has 0 aliphatic carbocycles. The van der Waals surface area contributed by atoms with Crippen molar-refractivity contribution in [3.05, 3.63) is 45.6 Å². The summed E-state index contributed by atoms with van der Waals surface area (Å²) < 4.78 is 2.38. The van der Waals surface area contributed by atoms with Crippen molar-refractivity contribution in [3.8, 4) is 0 Å². The van der Waals surface area contributed by atoms with E-state index >= 15 is 0 Å². The summed E-state index contributed by atoms with van der Waals surface area (Å²) in [7, 11) is 0. The maximum atomic E-state index is 6.34. The van der Waals surface area contributed by atoms with Crippen molar-refractivity contribution in [1.29, 1.82) is 0 Å². The molecule has 0 spiro atoms. The molecule has 1 fully saturated rings. The number of benzene rings is 1. The Morgan fingerprint density at radius 3 is 2.46 bits per heavy atom. The molecule has 2 aliphatic heterocycles. The number of piperidine rings is 1. The Morgan fingerprint density at radius 2 is 1.83 bits per heavy atom. The number of nitrogens with zero attached hydrogens (tertiary/aromatic N) is 2. The van der Waals surface area contributed by atoms with Gasteiger partial charge in [-0.05, 0) is 37.5 Å². The number of allylic oxidation sites excluding steroid dienone is 1. The van der Waals surface area contributed by atoms with E-state index in [9.17, 15) is 0 Å². The monoisotopic (exact) mass is 430 g/mol. The lowest BCUT2D eigenvalue weighted by Crippen LogP contribution is -3.00. The molecular weight excluding hydrogens is 407 g/mol. The third-order valence-electron chi connectivity index (χ3n) is 4.96. The highest BCUT2D eigenvalue weighted by Gasteiger charge is 2.35. The molecule has 2 aliphatic rings. The SMILES string of the molecule is CC1(C)CC(N2CCCCC2)=CC=[N+]1Cc1ccc(Cl)cc1Cl.[Br-]. The van der Waals surface area contributed by atoms with Crippen molar-refractivity contribution in [3.63, 3.8) is 0 Å². The number of hydrogen-bond acceptors (Lipinski definition) is 1. The standard InChI is InChI=1S/C19H25Cl2N2.BrH/c1-19(2)13-17(22-9-4-3-5-10-22)8-11-23(19)14-15-6-7-16(20)12-18(15)21;/h6-8,11-12H,3-5,9-10,13-14H2,1-2H3;1H/q+1;/p-1. The van der Waals surface area contributed by atoms with Crippen LogP contribution in [0, 0.1) is 0 Å². The lowest BCUT2D eigenvalue weighted by atomic mass is 9.92. The van der Waals surface area contributed by atoms with Crippen LogP contribution >= 0.6 is 23.2 Å². The van der Waals surface area contributed by atoms with Gasteiger partial charge in [-0.1, -0.05) is 23.2 Å². The number of hydrogen-bond donors (Lipinski definition) is 0. The van der Waals surface area contributed by atoms with Gasteiger partial charge in [0.05, 0.1) is 11.4 Å². The Hall–Kier alpha value is -0.510. The molecule has 0 atom stereocenters. The van der Waals surface area contributed by atoms with Gasteiger partial charge in [-0.3, -0.25) is 0 Å². The van der Waals surface area contributed by atoms with Crippen molar-refractivity contribution < 1.29 is 21.6 Å². The van der Waals surface area contributed by atoms with Crippen LogP contribution in [0.3, 0.4) is 0 Å². The summed E-state index contributed by atoms with van der Waals surface area (Å²) in [4.78, 5) is 2.56. The first-order valence-corrected chi connectivity index (χ1v) is 9.21. The van der Waals surface area contributed by atoms with Crippen LogP contribution in [0.25, 0.3) is 0 Å². The van der Waals surface area contributed by atoms with E-state index in [0.29, 0.717) is 5.02 Å². The summed E-state index contributed by atoms with van der Waals surface area (Å²) in [6.07, 6.45) is 9.62. The summed E-state index contributed by atoms with van der Waals surface area (Å²) >= 11 is 12.3. The summed E-state index contributed by atoms with van der Waals surface area (Å²) in [6.45, 7) is 7.85. The van der Waals surface area contributed by atoms with E-state index in [-0.39, 0.29) is 22.5 Å². The molecule has 0 unspecified atom stereocenters. The molecule has 24 heavy (non-hydrogen) atoms. The van der Waals surface area contributed by atoms with Crippen molar-refractivity contribution >= 4 is 29.4 Å². The quantitative estimate of drug-likeness (QED) is 0.664. The van der Waals surface area contributed by atoms with Crippen LogP contribution < -0.4 is 17.0 Å².